The number of nitrogens with zero attached hydrogens (tertiary/aromatic N) is 2. The van der Waals surface area contributed by atoms with Gasteiger partial charge in [-0.1, -0.05) is 0 Å². The third-order valence-electron chi connectivity index (χ3n) is 1.17. The molecule has 4 nitrogen and oxygen atoms in total. The number of nitriles is 1. The maximum Gasteiger partial charge on any atom is 0.185 e. The van der Waals surface area contributed by atoms with E-state index in [0.717, 1.165) is 3.70 Å². The number of rotatable bonds is 0. The molecule has 0 spiro atoms. The monoisotopic (exact) mass is 250 g/mol. The summed E-state index contributed by atoms with van der Waals surface area (Å²) in [4.78, 5) is 1.80. The van der Waals surface area contributed by atoms with Crippen molar-refractivity contribution in [2.24, 2.45) is 0 Å². The maximum absolute atomic E-state index is 8.52. The molecule has 1 unspecified atom stereocenters. The van der Waals surface area contributed by atoms with Gasteiger partial charge in [0.1, 0.15) is 9.77 Å². The number of hydrazine groups is 1. The van der Waals surface area contributed by atoms with Crippen LogP contribution < -0.4 is 10.9 Å². The minimum Gasteiger partial charge on any atom is -0.350 e. The standard InChI is InChI=1S/C5H7IN4/c1-10-3-4(6)8-9-5(10)2-7/h3,5,8-9H,1H3. The molecule has 0 saturated carbocycles. The summed E-state index contributed by atoms with van der Waals surface area (Å²) in [6.07, 6.45) is 1.60. The third kappa shape index (κ3) is 1.52. The van der Waals surface area contributed by atoms with Crippen molar-refractivity contribution in [2.45, 2.75) is 6.17 Å². The Morgan fingerprint density at radius 2 is 2.60 bits per heavy atom. The summed E-state index contributed by atoms with van der Waals surface area (Å²) < 4.78 is 0.978. The van der Waals surface area contributed by atoms with E-state index in [9.17, 15) is 0 Å². The predicted molar refractivity (Wildman–Crippen MR) is 45.5 cm³/mol. The van der Waals surface area contributed by atoms with Crippen molar-refractivity contribution < 1.29 is 0 Å². The minimum atomic E-state index is -0.265. The van der Waals surface area contributed by atoms with Gasteiger partial charge in [-0.15, -0.1) is 0 Å². The van der Waals surface area contributed by atoms with Gasteiger partial charge in [0.15, 0.2) is 6.17 Å². The van der Waals surface area contributed by atoms with Crippen LogP contribution >= 0.6 is 22.6 Å². The molecule has 1 aliphatic heterocycles. The van der Waals surface area contributed by atoms with Crippen LogP contribution in [0.15, 0.2) is 9.90 Å². The molecular weight excluding hydrogens is 243 g/mol. The number of halogens is 1. The first kappa shape index (κ1) is 7.63. The van der Waals surface area contributed by atoms with Gasteiger partial charge in [0.05, 0.1) is 0 Å². The van der Waals surface area contributed by atoms with E-state index in [1.54, 1.807) is 4.90 Å². The molecule has 1 rings (SSSR count). The number of hydrogen-bond donors (Lipinski definition) is 2. The lowest BCUT2D eigenvalue weighted by molar-refractivity contribution is 0.293. The third-order valence-corrected chi connectivity index (χ3v) is 1.72. The zero-order valence-corrected chi connectivity index (χ0v) is 7.58. The fourth-order valence-corrected chi connectivity index (χ4v) is 1.24. The smallest absolute Gasteiger partial charge is 0.185 e. The van der Waals surface area contributed by atoms with Crippen LogP contribution in [0.4, 0.5) is 0 Å². The molecule has 0 fully saturated rings. The highest BCUT2D eigenvalue weighted by Gasteiger charge is 2.14. The molecule has 0 bridgehead atoms. The van der Waals surface area contributed by atoms with E-state index in [0.29, 0.717) is 0 Å². The van der Waals surface area contributed by atoms with E-state index in [4.69, 9.17) is 5.26 Å². The molecule has 0 saturated heterocycles. The molecule has 1 heterocycles. The Morgan fingerprint density at radius 1 is 1.90 bits per heavy atom. The number of hydrogen-bond acceptors (Lipinski definition) is 4. The van der Waals surface area contributed by atoms with Gasteiger partial charge in [-0.2, -0.15) is 5.26 Å². The van der Waals surface area contributed by atoms with Crippen molar-refractivity contribution in [2.75, 3.05) is 7.05 Å². The predicted octanol–water partition coefficient (Wildman–Crippen LogP) is 0.110. The van der Waals surface area contributed by atoms with E-state index in [-0.39, 0.29) is 6.17 Å². The molecule has 5 heteroatoms. The zero-order chi connectivity index (χ0) is 7.56. The summed E-state index contributed by atoms with van der Waals surface area (Å²) in [6, 6.07) is 2.08. The van der Waals surface area contributed by atoms with Crippen LogP contribution in [0.5, 0.6) is 0 Å². The Bertz CT molecular complexity index is 194. The van der Waals surface area contributed by atoms with Crippen LogP contribution in [0.2, 0.25) is 0 Å². The average molecular weight is 250 g/mol. The van der Waals surface area contributed by atoms with Gasteiger partial charge in [0.2, 0.25) is 0 Å². The van der Waals surface area contributed by atoms with E-state index in [1.165, 1.54) is 0 Å². The minimum absolute atomic E-state index is 0.265. The molecule has 0 radical (unpaired) electrons. The molecule has 54 valence electrons. The van der Waals surface area contributed by atoms with Gasteiger partial charge in [0.25, 0.3) is 0 Å². The maximum atomic E-state index is 8.52. The van der Waals surface area contributed by atoms with Crippen LogP contribution in [0, 0.1) is 11.3 Å². The van der Waals surface area contributed by atoms with Gasteiger partial charge in [-0.05, 0) is 22.6 Å². The lowest BCUT2D eigenvalue weighted by Crippen LogP contribution is -2.50. The van der Waals surface area contributed by atoms with Gasteiger partial charge in [-0.25, -0.2) is 5.43 Å². The van der Waals surface area contributed by atoms with Gasteiger partial charge >= 0.3 is 0 Å². The molecule has 0 aliphatic carbocycles. The summed E-state index contributed by atoms with van der Waals surface area (Å²) >= 11 is 2.13. The second-order valence-electron chi connectivity index (χ2n) is 1.94. The van der Waals surface area contributed by atoms with Crippen molar-refractivity contribution in [3.63, 3.8) is 0 Å². The lowest BCUT2D eigenvalue weighted by atomic mass is 10.5. The molecule has 0 aromatic rings. The van der Waals surface area contributed by atoms with E-state index in [2.05, 4.69) is 39.5 Å². The topological polar surface area (TPSA) is 51.1 Å². The fraction of sp³-hybridized carbons (Fsp3) is 0.400. The highest BCUT2D eigenvalue weighted by Crippen LogP contribution is 2.07. The summed E-state index contributed by atoms with van der Waals surface area (Å²) in [7, 11) is 1.85. The van der Waals surface area contributed by atoms with Crippen LogP contribution in [0.1, 0.15) is 0 Å². The highest BCUT2D eigenvalue weighted by atomic mass is 127. The highest BCUT2D eigenvalue weighted by molar-refractivity contribution is 14.1. The quantitative estimate of drug-likeness (QED) is 0.473. The van der Waals surface area contributed by atoms with Crippen LogP contribution in [0.3, 0.4) is 0 Å². The summed E-state index contributed by atoms with van der Waals surface area (Å²) in [5.41, 5.74) is 5.65. The van der Waals surface area contributed by atoms with E-state index >= 15 is 0 Å². The lowest BCUT2D eigenvalue weighted by Gasteiger charge is -2.27. The van der Waals surface area contributed by atoms with Crippen LogP contribution in [-0.4, -0.2) is 18.1 Å². The van der Waals surface area contributed by atoms with Gasteiger partial charge < -0.3 is 10.3 Å². The number of nitrogens with one attached hydrogen (secondary N) is 2. The van der Waals surface area contributed by atoms with E-state index < -0.39 is 0 Å². The Morgan fingerprint density at radius 3 is 3.10 bits per heavy atom. The summed E-state index contributed by atoms with van der Waals surface area (Å²) in [5.74, 6) is 0. The molecule has 1 atom stereocenters. The Hall–Kier alpha value is -0.480. The SMILES string of the molecule is CN1C=C(I)NNC1C#N. The first-order chi connectivity index (χ1) is 4.74. The van der Waals surface area contributed by atoms with Crippen molar-refractivity contribution >= 4 is 22.6 Å². The molecule has 2 N–H and O–H groups in total. The Labute approximate surface area is 73.0 Å². The molecule has 0 amide bonds. The largest absolute Gasteiger partial charge is 0.350 e. The summed E-state index contributed by atoms with van der Waals surface area (Å²) in [6.45, 7) is 0. The van der Waals surface area contributed by atoms with Gasteiger partial charge in [-0.3, -0.25) is 0 Å². The molecule has 1 aliphatic rings. The van der Waals surface area contributed by atoms with Crippen LogP contribution in [0.25, 0.3) is 0 Å². The fourth-order valence-electron chi connectivity index (χ4n) is 0.648. The second kappa shape index (κ2) is 3.07. The van der Waals surface area contributed by atoms with Crippen molar-refractivity contribution in [3.8, 4) is 6.07 Å². The molecule has 10 heavy (non-hydrogen) atoms. The van der Waals surface area contributed by atoms with E-state index in [1.807, 2.05) is 13.2 Å². The van der Waals surface area contributed by atoms with Gasteiger partial charge in [0, 0.05) is 13.2 Å². The van der Waals surface area contributed by atoms with Crippen molar-refractivity contribution in [3.05, 3.63) is 9.90 Å². The first-order valence-corrected chi connectivity index (χ1v) is 3.82. The zero-order valence-electron chi connectivity index (χ0n) is 5.43. The molecule has 0 aromatic heterocycles. The van der Waals surface area contributed by atoms with Crippen molar-refractivity contribution in [1.82, 2.24) is 15.8 Å². The first-order valence-electron chi connectivity index (χ1n) is 2.74. The van der Waals surface area contributed by atoms with Crippen molar-refractivity contribution in [1.29, 1.82) is 5.26 Å². The Balaban J connectivity index is 2.66. The molecular formula is C5H7IN4. The second-order valence-corrected chi connectivity index (χ2v) is 3.11. The summed E-state index contributed by atoms with van der Waals surface area (Å²) in [5, 5.41) is 8.52. The molecule has 0 aromatic carbocycles. The van der Waals surface area contributed by atoms with Crippen LogP contribution in [-0.2, 0) is 0 Å². The average Bonchev–Trinajstić information content (AvgIpc) is 1.88. The normalized spacial score (nSPS) is 24.7. The Kier molecular flexibility index (Phi) is 2.34.